The van der Waals surface area contributed by atoms with Gasteiger partial charge in [0.25, 0.3) is 5.78 Å². The first-order valence-electron chi connectivity index (χ1n) is 7.38. The van der Waals surface area contributed by atoms with Crippen molar-refractivity contribution in [1.29, 1.82) is 0 Å². The molecule has 7 nitrogen and oxygen atoms in total. The summed E-state index contributed by atoms with van der Waals surface area (Å²) in [5, 5.41) is 4.55. The van der Waals surface area contributed by atoms with Gasteiger partial charge in [0.05, 0.1) is 5.75 Å². The molecule has 9 heteroatoms. The first-order valence-corrected chi connectivity index (χ1v) is 9.41. The summed E-state index contributed by atoms with van der Waals surface area (Å²) in [6, 6.07) is 6.84. The quantitative estimate of drug-likeness (QED) is 0.645. The van der Waals surface area contributed by atoms with Crippen molar-refractivity contribution in [2.45, 2.75) is 18.6 Å². The van der Waals surface area contributed by atoms with E-state index in [4.69, 9.17) is 11.6 Å². The van der Waals surface area contributed by atoms with Crippen molar-refractivity contribution in [1.82, 2.24) is 24.3 Å². The second-order valence-corrected chi connectivity index (χ2v) is 7.60. The maximum absolute atomic E-state index is 12.1. The van der Waals surface area contributed by atoms with Gasteiger partial charge in [0.15, 0.2) is 0 Å². The maximum Gasteiger partial charge on any atom is 0.252 e. The first kappa shape index (κ1) is 16.8. The molecule has 0 aliphatic carbocycles. The fourth-order valence-electron chi connectivity index (χ4n) is 2.30. The number of benzene rings is 1. The normalized spacial score (nSPS) is 11.9. The fourth-order valence-corrected chi connectivity index (χ4v) is 3.69. The topological polar surface area (TPSA) is 89.2 Å². The summed E-state index contributed by atoms with van der Waals surface area (Å²) in [6.45, 7) is 0.359. The van der Waals surface area contributed by atoms with Crippen LogP contribution in [0, 0.1) is 0 Å². The lowest BCUT2D eigenvalue weighted by Crippen LogP contribution is -2.26. The van der Waals surface area contributed by atoms with Crippen molar-refractivity contribution in [3.63, 3.8) is 0 Å². The van der Waals surface area contributed by atoms with Gasteiger partial charge < -0.3 is 0 Å². The number of nitrogens with one attached hydrogen (secondary N) is 1. The van der Waals surface area contributed by atoms with E-state index < -0.39 is 10.0 Å². The largest absolute Gasteiger partial charge is 0.252 e. The Kier molecular flexibility index (Phi) is 5.08. The lowest BCUT2D eigenvalue weighted by atomic mass is 10.2. The molecule has 0 unspecified atom stereocenters. The summed E-state index contributed by atoms with van der Waals surface area (Å²) < 4.78 is 28.3. The molecule has 0 amide bonds. The highest BCUT2D eigenvalue weighted by atomic mass is 35.5. The molecular weight excluding hydrogens is 350 g/mol. The molecule has 1 aromatic carbocycles. The van der Waals surface area contributed by atoms with Crippen LogP contribution in [-0.4, -0.2) is 34.5 Å². The van der Waals surface area contributed by atoms with Gasteiger partial charge >= 0.3 is 0 Å². The van der Waals surface area contributed by atoms with Crippen LogP contribution >= 0.6 is 11.6 Å². The monoisotopic (exact) mass is 365 g/mol. The molecule has 0 radical (unpaired) electrons. The van der Waals surface area contributed by atoms with Crippen LogP contribution in [0.25, 0.3) is 5.78 Å². The van der Waals surface area contributed by atoms with Gasteiger partial charge in [-0.3, -0.25) is 0 Å². The molecule has 126 valence electrons. The Morgan fingerprint density at radius 3 is 2.92 bits per heavy atom. The number of nitrogens with zero attached hydrogens (tertiary/aromatic N) is 4. The highest BCUT2D eigenvalue weighted by Crippen LogP contribution is 2.12. The molecule has 0 aliphatic rings. The van der Waals surface area contributed by atoms with E-state index in [1.165, 1.54) is 6.33 Å². The molecule has 1 N–H and O–H groups in total. The number of fused-ring (bicyclic) bond motifs is 1. The smallest absolute Gasteiger partial charge is 0.219 e. The Hall–Kier alpha value is -2.03. The van der Waals surface area contributed by atoms with E-state index in [1.54, 1.807) is 35.0 Å². The summed E-state index contributed by atoms with van der Waals surface area (Å²) in [7, 11) is -3.38. The van der Waals surface area contributed by atoms with Gasteiger partial charge in [-0.05, 0) is 36.1 Å². The minimum atomic E-state index is -3.38. The Labute approximate surface area is 144 Å². The van der Waals surface area contributed by atoms with Crippen LogP contribution in [0.4, 0.5) is 0 Å². The zero-order chi connectivity index (χ0) is 17.0. The van der Waals surface area contributed by atoms with Crippen LogP contribution in [0.5, 0.6) is 0 Å². The summed E-state index contributed by atoms with van der Waals surface area (Å²) in [4.78, 5) is 8.15. The number of sulfonamides is 1. The first-order chi connectivity index (χ1) is 11.5. The predicted molar refractivity (Wildman–Crippen MR) is 91.2 cm³/mol. The lowest BCUT2D eigenvalue weighted by Gasteiger charge is -2.07. The summed E-state index contributed by atoms with van der Waals surface area (Å²) in [5.41, 5.74) is 1.64. The maximum atomic E-state index is 12.1. The molecule has 2 heterocycles. The molecular formula is C15H16ClN5O2S. The molecule has 0 spiro atoms. The molecule has 24 heavy (non-hydrogen) atoms. The lowest BCUT2D eigenvalue weighted by molar-refractivity contribution is 0.578. The van der Waals surface area contributed by atoms with E-state index in [0.717, 1.165) is 5.56 Å². The van der Waals surface area contributed by atoms with Gasteiger partial charge in [-0.1, -0.05) is 23.7 Å². The fraction of sp³-hybridized carbons (Fsp3) is 0.267. The average Bonchev–Trinajstić information content (AvgIpc) is 2.99. The second-order valence-electron chi connectivity index (χ2n) is 5.35. The molecule has 0 saturated carbocycles. The molecule has 0 bridgehead atoms. The molecule has 0 fully saturated rings. The SMILES string of the molecule is O=S(=O)(Cc1cccc(Cl)c1)NCCCc1cnc2ncnn2c1. The summed E-state index contributed by atoms with van der Waals surface area (Å²) >= 11 is 5.87. The molecule has 3 rings (SSSR count). The summed E-state index contributed by atoms with van der Waals surface area (Å²) in [5.74, 6) is 0.459. The zero-order valence-electron chi connectivity index (χ0n) is 12.8. The van der Waals surface area contributed by atoms with E-state index >= 15 is 0 Å². The van der Waals surface area contributed by atoms with Crippen LogP contribution in [0.1, 0.15) is 17.5 Å². The third kappa shape index (κ3) is 4.50. The number of aryl methyl sites for hydroxylation is 1. The Balaban J connectivity index is 1.49. The third-order valence-electron chi connectivity index (χ3n) is 3.40. The van der Waals surface area contributed by atoms with Crippen LogP contribution in [-0.2, 0) is 22.2 Å². The van der Waals surface area contributed by atoms with Crippen molar-refractivity contribution in [3.05, 3.63) is 59.1 Å². The zero-order valence-corrected chi connectivity index (χ0v) is 14.3. The molecule has 0 saturated heterocycles. The van der Waals surface area contributed by atoms with Crippen molar-refractivity contribution < 1.29 is 8.42 Å². The van der Waals surface area contributed by atoms with Gasteiger partial charge in [-0.25, -0.2) is 22.6 Å². The Morgan fingerprint density at radius 1 is 1.21 bits per heavy atom. The third-order valence-corrected chi connectivity index (χ3v) is 4.99. The standard InChI is InChI=1S/C15H16ClN5O2S/c16-14-5-1-3-12(7-14)10-24(22,23)20-6-2-4-13-8-17-15-18-11-19-21(15)9-13/h1,3,5,7-9,11,20H,2,4,6,10H2. The van der Waals surface area contributed by atoms with Gasteiger partial charge in [0, 0.05) is 24.0 Å². The van der Waals surface area contributed by atoms with Crippen molar-refractivity contribution in [3.8, 4) is 0 Å². The van der Waals surface area contributed by atoms with Gasteiger partial charge in [-0.2, -0.15) is 10.1 Å². The van der Waals surface area contributed by atoms with Crippen molar-refractivity contribution >= 4 is 27.4 Å². The van der Waals surface area contributed by atoms with Gasteiger partial charge in [0.1, 0.15) is 6.33 Å². The van der Waals surface area contributed by atoms with E-state index in [-0.39, 0.29) is 5.75 Å². The number of halogens is 1. The predicted octanol–water partition coefficient (Wildman–Crippen LogP) is 1.83. The molecule has 3 aromatic rings. The van der Waals surface area contributed by atoms with E-state index in [0.29, 0.717) is 35.8 Å². The van der Waals surface area contributed by atoms with Crippen molar-refractivity contribution in [2.75, 3.05) is 6.54 Å². The van der Waals surface area contributed by atoms with Crippen LogP contribution in [0.2, 0.25) is 5.02 Å². The van der Waals surface area contributed by atoms with E-state index in [1.807, 2.05) is 6.20 Å². The Morgan fingerprint density at radius 2 is 2.08 bits per heavy atom. The van der Waals surface area contributed by atoms with Crippen LogP contribution < -0.4 is 4.72 Å². The molecule has 2 aromatic heterocycles. The van der Waals surface area contributed by atoms with Crippen LogP contribution in [0.3, 0.4) is 0 Å². The highest BCUT2D eigenvalue weighted by molar-refractivity contribution is 7.88. The van der Waals surface area contributed by atoms with Gasteiger partial charge in [0.2, 0.25) is 10.0 Å². The summed E-state index contributed by atoms with van der Waals surface area (Å²) in [6.07, 6.45) is 6.37. The molecule has 0 atom stereocenters. The Bertz CT molecular complexity index is 942. The number of aromatic nitrogens is 4. The van der Waals surface area contributed by atoms with E-state index in [2.05, 4.69) is 19.8 Å². The van der Waals surface area contributed by atoms with Gasteiger partial charge in [-0.15, -0.1) is 0 Å². The number of hydrogen-bond acceptors (Lipinski definition) is 5. The minimum absolute atomic E-state index is 0.0833. The van der Waals surface area contributed by atoms with E-state index in [9.17, 15) is 8.42 Å². The number of rotatable bonds is 7. The van der Waals surface area contributed by atoms with Crippen LogP contribution in [0.15, 0.2) is 43.0 Å². The minimum Gasteiger partial charge on any atom is -0.219 e. The molecule has 0 aliphatic heterocycles. The van der Waals surface area contributed by atoms with Crippen molar-refractivity contribution in [2.24, 2.45) is 0 Å². The second kappa shape index (κ2) is 7.25. The highest BCUT2D eigenvalue weighted by Gasteiger charge is 2.11. The number of hydrogen-bond donors (Lipinski definition) is 1. The average molecular weight is 366 g/mol.